The molecule has 1 amide bonds. The molecule has 1 fully saturated rings. The Morgan fingerprint density at radius 3 is 2.45 bits per heavy atom. The average molecular weight is 286 g/mol. The molecule has 0 aromatic rings. The predicted octanol–water partition coefficient (Wildman–Crippen LogP) is 2.45. The maximum atomic E-state index is 11.4. The Balaban J connectivity index is 1.88. The maximum Gasteiger partial charge on any atom is 0.407 e. The summed E-state index contributed by atoms with van der Waals surface area (Å²) in [7, 11) is 0. The Bertz CT molecular complexity index is 271. The van der Waals surface area contributed by atoms with Gasteiger partial charge in [0.05, 0.1) is 12.7 Å². The number of ether oxygens (including phenoxy) is 2. The normalized spacial score (nSPS) is 16.9. The van der Waals surface area contributed by atoms with E-state index in [9.17, 15) is 4.79 Å². The van der Waals surface area contributed by atoms with Gasteiger partial charge in [-0.2, -0.15) is 0 Å². The van der Waals surface area contributed by atoms with Crippen molar-refractivity contribution >= 4 is 6.09 Å². The number of amides is 1. The molecule has 0 aliphatic heterocycles. The Morgan fingerprint density at radius 1 is 1.10 bits per heavy atom. The number of nitrogens with one attached hydrogen (secondary N) is 2. The van der Waals surface area contributed by atoms with E-state index in [4.69, 9.17) is 9.47 Å². The van der Waals surface area contributed by atoms with E-state index in [1.165, 1.54) is 32.1 Å². The van der Waals surface area contributed by atoms with Crippen LogP contribution in [0.3, 0.4) is 0 Å². The second-order valence-corrected chi connectivity index (χ2v) is 6.31. The quantitative estimate of drug-likeness (QED) is 0.706. The summed E-state index contributed by atoms with van der Waals surface area (Å²) in [5.74, 6) is 0. The average Bonchev–Trinajstić information content (AvgIpc) is 2.37. The minimum atomic E-state index is -0.439. The Kier molecular flexibility index (Phi) is 7.92. The lowest BCUT2D eigenvalue weighted by atomic mass is 9.98. The molecule has 0 aromatic carbocycles. The summed E-state index contributed by atoms with van der Waals surface area (Å²) in [4.78, 5) is 11.4. The van der Waals surface area contributed by atoms with Crippen molar-refractivity contribution in [2.45, 2.75) is 64.6 Å². The van der Waals surface area contributed by atoms with Crippen LogP contribution in [0.4, 0.5) is 4.79 Å². The summed E-state index contributed by atoms with van der Waals surface area (Å²) in [6.45, 7) is 8.43. The van der Waals surface area contributed by atoms with E-state index < -0.39 is 5.60 Å². The van der Waals surface area contributed by atoms with Crippen molar-refractivity contribution < 1.29 is 14.3 Å². The first-order valence-electron chi connectivity index (χ1n) is 7.76. The Labute approximate surface area is 122 Å². The van der Waals surface area contributed by atoms with Gasteiger partial charge >= 0.3 is 6.09 Å². The molecule has 1 rings (SSSR count). The van der Waals surface area contributed by atoms with Crippen LogP contribution in [0.15, 0.2) is 0 Å². The highest BCUT2D eigenvalue weighted by Crippen LogP contribution is 2.19. The molecule has 0 unspecified atom stereocenters. The van der Waals surface area contributed by atoms with Crippen molar-refractivity contribution in [3.05, 3.63) is 0 Å². The number of hydrogen-bond donors (Lipinski definition) is 2. The summed E-state index contributed by atoms with van der Waals surface area (Å²) >= 11 is 0. The first-order valence-corrected chi connectivity index (χ1v) is 7.76. The molecule has 5 heteroatoms. The van der Waals surface area contributed by atoms with Gasteiger partial charge in [0, 0.05) is 19.6 Å². The second kappa shape index (κ2) is 9.19. The number of carbonyl (C=O) groups excluding carboxylic acids is 1. The molecule has 0 aromatic heterocycles. The molecule has 1 saturated carbocycles. The largest absolute Gasteiger partial charge is 0.444 e. The number of hydrogen-bond acceptors (Lipinski definition) is 4. The first kappa shape index (κ1) is 17.2. The zero-order chi connectivity index (χ0) is 14.8. The molecule has 2 N–H and O–H groups in total. The fourth-order valence-electron chi connectivity index (χ4n) is 2.22. The minimum absolute atomic E-state index is 0.363. The van der Waals surface area contributed by atoms with Gasteiger partial charge in [0.25, 0.3) is 0 Å². The molecule has 0 heterocycles. The third kappa shape index (κ3) is 9.15. The highest BCUT2D eigenvalue weighted by atomic mass is 16.6. The second-order valence-electron chi connectivity index (χ2n) is 6.31. The van der Waals surface area contributed by atoms with Crippen LogP contribution in [0.5, 0.6) is 0 Å². The van der Waals surface area contributed by atoms with Crippen molar-refractivity contribution in [1.82, 2.24) is 10.6 Å². The molecular formula is C15H30N2O3. The van der Waals surface area contributed by atoms with Crippen molar-refractivity contribution in [3.8, 4) is 0 Å². The fourth-order valence-corrected chi connectivity index (χ4v) is 2.22. The van der Waals surface area contributed by atoms with Crippen LogP contribution in [0.25, 0.3) is 0 Å². The highest BCUT2D eigenvalue weighted by Gasteiger charge is 2.15. The van der Waals surface area contributed by atoms with E-state index in [2.05, 4.69) is 10.6 Å². The maximum absolute atomic E-state index is 11.4. The molecule has 118 valence electrons. The van der Waals surface area contributed by atoms with E-state index in [0.717, 1.165) is 19.7 Å². The molecule has 0 radical (unpaired) electrons. The Morgan fingerprint density at radius 2 is 1.80 bits per heavy atom. The zero-order valence-electron chi connectivity index (χ0n) is 13.2. The molecule has 20 heavy (non-hydrogen) atoms. The smallest absolute Gasteiger partial charge is 0.407 e. The molecule has 0 spiro atoms. The molecule has 0 bridgehead atoms. The third-order valence-corrected chi connectivity index (χ3v) is 3.15. The molecule has 5 nitrogen and oxygen atoms in total. The van der Waals surface area contributed by atoms with Gasteiger partial charge in [-0.15, -0.1) is 0 Å². The van der Waals surface area contributed by atoms with Crippen molar-refractivity contribution in [2.24, 2.45) is 0 Å². The highest BCUT2D eigenvalue weighted by molar-refractivity contribution is 5.67. The van der Waals surface area contributed by atoms with Crippen LogP contribution < -0.4 is 10.6 Å². The standard InChI is InChI=1S/C15H30N2O3/c1-15(2,3)20-14(18)17-10-9-16-11-12-19-13-7-5-4-6-8-13/h13,16H,4-12H2,1-3H3,(H,17,18). The van der Waals surface area contributed by atoms with Gasteiger partial charge in [0.1, 0.15) is 5.60 Å². The van der Waals surface area contributed by atoms with Gasteiger partial charge in [0.15, 0.2) is 0 Å². The monoisotopic (exact) mass is 286 g/mol. The van der Waals surface area contributed by atoms with E-state index in [1.807, 2.05) is 20.8 Å². The van der Waals surface area contributed by atoms with Crippen LogP contribution in [0, 0.1) is 0 Å². The first-order chi connectivity index (χ1) is 9.47. The topological polar surface area (TPSA) is 59.6 Å². The van der Waals surface area contributed by atoms with E-state index in [1.54, 1.807) is 0 Å². The Hall–Kier alpha value is -0.810. The van der Waals surface area contributed by atoms with E-state index in [0.29, 0.717) is 12.6 Å². The van der Waals surface area contributed by atoms with E-state index >= 15 is 0 Å². The third-order valence-electron chi connectivity index (χ3n) is 3.15. The zero-order valence-corrected chi connectivity index (χ0v) is 13.2. The van der Waals surface area contributed by atoms with Gasteiger partial charge in [0.2, 0.25) is 0 Å². The minimum Gasteiger partial charge on any atom is -0.444 e. The summed E-state index contributed by atoms with van der Waals surface area (Å²) in [6, 6.07) is 0. The van der Waals surface area contributed by atoms with Gasteiger partial charge in [-0.3, -0.25) is 0 Å². The summed E-state index contributed by atoms with van der Waals surface area (Å²) in [5, 5.41) is 5.96. The lowest BCUT2D eigenvalue weighted by molar-refractivity contribution is 0.0303. The number of rotatable bonds is 7. The molecular weight excluding hydrogens is 256 g/mol. The molecule has 0 saturated heterocycles. The van der Waals surface area contributed by atoms with Crippen molar-refractivity contribution in [3.63, 3.8) is 0 Å². The lowest BCUT2D eigenvalue weighted by Crippen LogP contribution is -2.37. The van der Waals surface area contributed by atoms with Crippen LogP contribution in [0.2, 0.25) is 0 Å². The van der Waals surface area contributed by atoms with Crippen LogP contribution >= 0.6 is 0 Å². The van der Waals surface area contributed by atoms with Crippen molar-refractivity contribution in [2.75, 3.05) is 26.2 Å². The van der Waals surface area contributed by atoms with Crippen molar-refractivity contribution in [1.29, 1.82) is 0 Å². The summed E-state index contributed by atoms with van der Waals surface area (Å²) < 4.78 is 10.9. The number of alkyl carbamates (subject to hydrolysis) is 1. The summed E-state index contributed by atoms with van der Waals surface area (Å²) in [6.07, 6.45) is 6.48. The predicted molar refractivity (Wildman–Crippen MR) is 79.9 cm³/mol. The summed E-state index contributed by atoms with van der Waals surface area (Å²) in [5.41, 5.74) is -0.439. The molecule has 0 atom stereocenters. The van der Waals surface area contributed by atoms with Crippen LogP contribution in [-0.4, -0.2) is 44.0 Å². The van der Waals surface area contributed by atoms with Crippen LogP contribution in [-0.2, 0) is 9.47 Å². The van der Waals surface area contributed by atoms with E-state index in [-0.39, 0.29) is 6.09 Å². The molecule has 1 aliphatic carbocycles. The molecule has 1 aliphatic rings. The van der Waals surface area contributed by atoms with Crippen LogP contribution in [0.1, 0.15) is 52.9 Å². The lowest BCUT2D eigenvalue weighted by Gasteiger charge is -2.22. The van der Waals surface area contributed by atoms with Gasteiger partial charge < -0.3 is 20.1 Å². The van der Waals surface area contributed by atoms with Gasteiger partial charge in [-0.1, -0.05) is 19.3 Å². The van der Waals surface area contributed by atoms with Gasteiger partial charge in [-0.25, -0.2) is 4.79 Å². The number of carbonyl (C=O) groups is 1. The SMILES string of the molecule is CC(C)(C)OC(=O)NCCNCCOC1CCCCC1. The van der Waals surface area contributed by atoms with Gasteiger partial charge in [-0.05, 0) is 33.6 Å². The fraction of sp³-hybridized carbons (Fsp3) is 0.933.